The molecule has 2 N–H and O–H groups in total. The molecular weight excluding hydrogens is 292 g/mol. The van der Waals surface area contributed by atoms with Gasteiger partial charge in [-0.3, -0.25) is 4.31 Å². The van der Waals surface area contributed by atoms with E-state index in [0.717, 1.165) is 22.0 Å². The summed E-state index contributed by atoms with van der Waals surface area (Å²) in [5.41, 5.74) is 0.162. The Labute approximate surface area is 112 Å². The van der Waals surface area contributed by atoms with Gasteiger partial charge < -0.3 is 10.1 Å². The van der Waals surface area contributed by atoms with E-state index in [1.165, 1.54) is 20.3 Å². The van der Waals surface area contributed by atoms with Gasteiger partial charge in [0.05, 0.1) is 18.2 Å². The highest BCUT2D eigenvalue weighted by Crippen LogP contribution is 2.31. The van der Waals surface area contributed by atoms with E-state index in [1.807, 2.05) is 0 Å². The lowest BCUT2D eigenvalue weighted by Gasteiger charge is -2.16. The number of carboxylic acid groups (broad SMARTS) is 1. The van der Waals surface area contributed by atoms with Gasteiger partial charge in [0.1, 0.15) is 10.6 Å². The van der Waals surface area contributed by atoms with Crippen molar-refractivity contribution in [2.45, 2.75) is 11.9 Å². The first-order valence-electron chi connectivity index (χ1n) is 5.02. The fraction of sp³-hybridized carbons (Fsp3) is 0.222. The van der Waals surface area contributed by atoms with E-state index in [-0.39, 0.29) is 21.3 Å². The van der Waals surface area contributed by atoms with Gasteiger partial charge in [-0.1, -0.05) is 0 Å². The standard InChI is InChI=1S/C9H10N4O4S2/c1-5-7(9(14)15)8(18-12-5)13(2)19(16,17)6-3-10-4-11-6/h3-4H,1-2H3,(H,10,11)(H,14,15). The predicted octanol–water partition coefficient (Wildman–Crippen LogP) is 0.698. The lowest BCUT2D eigenvalue weighted by Crippen LogP contribution is -2.27. The van der Waals surface area contributed by atoms with Crippen molar-refractivity contribution in [1.29, 1.82) is 0 Å². The first kappa shape index (κ1) is 13.5. The highest BCUT2D eigenvalue weighted by Gasteiger charge is 2.29. The Morgan fingerprint density at radius 3 is 2.74 bits per heavy atom. The molecule has 2 rings (SSSR count). The first-order chi connectivity index (χ1) is 8.85. The summed E-state index contributed by atoms with van der Waals surface area (Å²) in [6.07, 6.45) is 2.39. The fourth-order valence-corrected chi connectivity index (χ4v) is 3.61. The van der Waals surface area contributed by atoms with Crippen LogP contribution in [0.2, 0.25) is 0 Å². The topological polar surface area (TPSA) is 116 Å². The number of sulfonamides is 1. The van der Waals surface area contributed by atoms with Crippen molar-refractivity contribution in [2.75, 3.05) is 11.4 Å². The van der Waals surface area contributed by atoms with E-state index in [1.54, 1.807) is 0 Å². The number of nitrogens with zero attached hydrogens (tertiary/aromatic N) is 3. The number of H-pyrrole nitrogens is 1. The van der Waals surface area contributed by atoms with Crippen LogP contribution >= 0.6 is 11.5 Å². The Bertz CT molecular complexity index is 705. The Morgan fingerprint density at radius 2 is 2.21 bits per heavy atom. The van der Waals surface area contributed by atoms with Crippen molar-refractivity contribution >= 4 is 32.5 Å². The molecule has 0 amide bonds. The van der Waals surface area contributed by atoms with Crippen LogP contribution in [-0.2, 0) is 10.0 Å². The number of hydrogen-bond donors (Lipinski definition) is 2. The lowest BCUT2D eigenvalue weighted by molar-refractivity contribution is 0.0697. The Morgan fingerprint density at radius 1 is 1.53 bits per heavy atom. The highest BCUT2D eigenvalue weighted by atomic mass is 32.2. The number of aromatic amines is 1. The molecule has 0 fully saturated rings. The maximum absolute atomic E-state index is 12.2. The zero-order valence-corrected chi connectivity index (χ0v) is 11.6. The second-order valence-corrected chi connectivity index (χ2v) is 6.33. The van der Waals surface area contributed by atoms with Crippen molar-refractivity contribution in [3.63, 3.8) is 0 Å². The summed E-state index contributed by atoms with van der Waals surface area (Å²) in [5, 5.41) is 9.05. The second-order valence-electron chi connectivity index (χ2n) is 3.64. The van der Waals surface area contributed by atoms with Crippen LogP contribution in [0, 0.1) is 6.92 Å². The molecule has 8 nitrogen and oxygen atoms in total. The molecule has 0 aromatic carbocycles. The molecule has 0 saturated heterocycles. The number of rotatable bonds is 4. The first-order valence-corrected chi connectivity index (χ1v) is 7.24. The quantitative estimate of drug-likeness (QED) is 0.858. The molecule has 10 heteroatoms. The van der Waals surface area contributed by atoms with Gasteiger partial charge in [-0.25, -0.2) is 9.78 Å². The summed E-state index contributed by atoms with van der Waals surface area (Å²) >= 11 is 0.818. The molecule has 0 bridgehead atoms. The average Bonchev–Trinajstić information content (AvgIpc) is 2.96. The summed E-state index contributed by atoms with van der Waals surface area (Å²) in [6, 6.07) is 0. The number of carbonyl (C=O) groups is 1. The molecule has 0 radical (unpaired) electrons. The second kappa shape index (κ2) is 4.63. The van der Waals surface area contributed by atoms with Crippen LogP contribution in [0.4, 0.5) is 5.00 Å². The molecule has 2 aromatic rings. The molecular formula is C9H10N4O4S2. The summed E-state index contributed by atoms with van der Waals surface area (Å²) in [7, 11) is -2.60. The van der Waals surface area contributed by atoms with Gasteiger partial charge in [-0.15, -0.1) is 0 Å². The normalized spacial score (nSPS) is 11.5. The van der Waals surface area contributed by atoms with Crippen LogP contribution in [0.25, 0.3) is 0 Å². The molecule has 102 valence electrons. The van der Waals surface area contributed by atoms with Gasteiger partial charge >= 0.3 is 5.97 Å². The molecule has 0 aliphatic heterocycles. The van der Waals surface area contributed by atoms with Gasteiger partial charge in [0.15, 0.2) is 5.03 Å². The number of imidazole rings is 1. The number of hydrogen-bond acceptors (Lipinski definition) is 6. The summed E-state index contributed by atoms with van der Waals surface area (Å²) < 4.78 is 29.2. The molecule has 19 heavy (non-hydrogen) atoms. The zero-order valence-electron chi connectivity index (χ0n) is 9.98. The number of aryl methyl sites for hydroxylation is 1. The largest absolute Gasteiger partial charge is 0.478 e. The van der Waals surface area contributed by atoms with Crippen LogP contribution in [-0.4, -0.2) is 40.9 Å². The van der Waals surface area contributed by atoms with Gasteiger partial charge in [0, 0.05) is 7.05 Å². The molecule has 0 saturated carbocycles. The van der Waals surface area contributed by atoms with Crippen LogP contribution in [0.3, 0.4) is 0 Å². The fourth-order valence-electron chi connectivity index (χ4n) is 1.46. The van der Waals surface area contributed by atoms with E-state index in [9.17, 15) is 13.2 Å². The van der Waals surface area contributed by atoms with E-state index < -0.39 is 16.0 Å². The Kier molecular flexibility index (Phi) is 3.28. The average molecular weight is 302 g/mol. The summed E-state index contributed by atoms with van der Waals surface area (Å²) in [6.45, 7) is 1.51. The van der Waals surface area contributed by atoms with Crippen molar-refractivity contribution in [3.8, 4) is 0 Å². The molecule has 0 spiro atoms. The van der Waals surface area contributed by atoms with Crippen molar-refractivity contribution < 1.29 is 18.3 Å². The Hall–Kier alpha value is -1.94. The van der Waals surface area contributed by atoms with Crippen LogP contribution in [0.1, 0.15) is 16.1 Å². The molecule has 2 aromatic heterocycles. The van der Waals surface area contributed by atoms with Crippen molar-refractivity contribution in [2.24, 2.45) is 0 Å². The zero-order chi connectivity index (χ0) is 14.2. The van der Waals surface area contributed by atoms with Gasteiger partial charge in [0.2, 0.25) is 0 Å². The molecule has 2 heterocycles. The van der Waals surface area contributed by atoms with Crippen LogP contribution in [0.5, 0.6) is 0 Å². The minimum Gasteiger partial charge on any atom is -0.478 e. The van der Waals surface area contributed by atoms with Gasteiger partial charge in [0.25, 0.3) is 10.0 Å². The number of aromatic carboxylic acids is 1. The number of anilines is 1. The number of nitrogens with one attached hydrogen (secondary N) is 1. The minimum absolute atomic E-state index is 0.0552. The molecule has 0 atom stereocenters. The van der Waals surface area contributed by atoms with E-state index >= 15 is 0 Å². The number of carboxylic acids is 1. The van der Waals surface area contributed by atoms with Crippen molar-refractivity contribution in [1.82, 2.24) is 14.3 Å². The smallest absolute Gasteiger partial charge is 0.340 e. The third-order valence-corrected chi connectivity index (χ3v) is 5.27. The lowest BCUT2D eigenvalue weighted by atomic mass is 10.2. The van der Waals surface area contributed by atoms with Crippen molar-refractivity contribution in [3.05, 3.63) is 23.8 Å². The maximum atomic E-state index is 12.2. The molecule has 0 aliphatic carbocycles. The van der Waals surface area contributed by atoms with Crippen LogP contribution < -0.4 is 4.31 Å². The third-order valence-electron chi connectivity index (χ3n) is 2.46. The number of aromatic nitrogens is 3. The predicted molar refractivity (Wildman–Crippen MR) is 68.0 cm³/mol. The van der Waals surface area contributed by atoms with Crippen LogP contribution in [0.15, 0.2) is 17.6 Å². The minimum atomic E-state index is -3.87. The van der Waals surface area contributed by atoms with E-state index in [2.05, 4.69) is 14.3 Å². The monoisotopic (exact) mass is 302 g/mol. The third kappa shape index (κ3) is 2.19. The summed E-state index contributed by atoms with van der Waals surface area (Å²) in [5.74, 6) is -1.21. The highest BCUT2D eigenvalue weighted by molar-refractivity contribution is 7.92. The molecule has 0 aliphatic rings. The van der Waals surface area contributed by atoms with Gasteiger partial charge in [-0.05, 0) is 18.5 Å². The van der Waals surface area contributed by atoms with E-state index in [4.69, 9.17) is 5.11 Å². The summed E-state index contributed by atoms with van der Waals surface area (Å²) in [4.78, 5) is 17.3. The molecule has 0 unspecified atom stereocenters. The van der Waals surface area contributed by atoms with E-state index in [0.29, 0.717) is 0 Å². The van der Waals surface area contributed by atoms with Gasteiger partial charge in [-0.2, -0.15) is 12.8 Å². The maximum Gasteiger partial charge on any atom is 0.340 e. The SMILES string of the molecule is Cc1nsc(N(C)S(=O)(=O)c2cnc[nH]2)c1C(=O)O. The Balaban J connectivity index is 2.52.